The number of hydrogen-bond donors (Lipinski definition) is 0. The van der Waals surface area contributed by atoms with Gasteiger partial charge in [0.2, 0.25) is 0 Å². The third-order valence-electron chi connectivity index (χ3n) is 3.62. The van der Waals surface area contributed by atoms with Crippen LogP contribution >= 0.6 is 0 Å². The monoisotopic (exact) mass is 409 g/mol. The maximum absolute atomic E-state index is 12.0. The Kier molecular flexibility index (Phi) is 9.87. The Bertz CT molecular complexity index is 754. The molecule has 2 aromatic carbocycles. The Morgan fingerprint density at radius 3 is 1.37 bits per heavy atom. The predicted molar refractivity (Wildman–Crippen MR) is 105 cm³/mol. The number of allylic oxidation sites excluding steroid dienone is 2. The zero-order chi connectivity index (χ0) is 18.8. The fraction of sp³-hybridized carbons (Fsp3) is 0.182. The number of nitrogens with zero attached hydrogens (tertiary/aromatic N) is 2. The molecule has 0 aliphatic rings. The first-order chi connectivity index (χ1) is 12.6. The van der Waals surface area contributed by atoms with Crippen molar-refractivity contribution in [1.82, 2.24) is 0 Å². The van der Waals surface area contributed by atoms with Gasteiger partial charge < -0.3 is 10.2 Å². The molecule has 0 heterocycles. The molecule has 4 nitrogen and oxygen atoms in total. The maximum atomic E-state index is 12.0. The molecule has 2 rings (SSSR count). The Morgan fingerprint density at radius 2 is 1.04 bits per heavy atom. The second-order valence-electron chi connectivity index (χ2n) is 5.80. The van der Waals surface area contributed by atoms with E-state index in [-0.39, 0.29) is 28.6 Å². The topological polar surface area (TPSA) is 70.8 Å². The van der Waals surface area contributed by atoms with Crippen molar-refractivity contribution in [2.45, 2.75) is 13.8 Å². The fourth-order valence-corrected chi connectivity index (χ4v) is 2.29. The van der Waals surface area contributed by atoms with Crippen molar-refractivity contribution in [3.63, 3.8) is 0 Å². The third kappa shape index (κ3) is 8.07. The normalized spacial score (nSPS) is 13.3. The summed E-state index contributed by atoms with van der Waals surface area (Å²) in [6, 6.07) is 18.2. The molecule has 27 heavy (non-hydrogen) atoms. The smallest absolute Gasteiger partial charge is 0.872 e. The van der Waals surface area contributed by atoms with Crippen LogP contribution in [0.1, 0.15) is 25.0 Å². The van der Waals surface area contributed by atoms with E-state index in [9.17, 15) is 10.2 Å². The van der Waals surface area contributed by atoms with Crippen LogP contribution in [0.4, 0.5) is 0 Å². The molecule has 0 aliphatic heterocycles. The SMILES string of the molecule is CC(/C=C(\[O-])c1ccccc1)=NCCN=C(C)/C=C(\[O-])c1ccccc1.[Cu+2]. The van der Waals surface area contributed by atoms with Crippen molar-refractivity contribution < 1.29 is 27.3 Å². The van der Waals surface area contributed by atoms with Crippen LogP contribution in [-0.2, 0) is 17.1 Å². The fourth-order valence-electron chi connectivity index (χ4n) is 2.29. The van der Waals surface area contributed by atoms with Crippen LogP contribution < -0.4 is 10.2 Å². The Morgan fingerprint density at radius 1 is 0.704 bits per heavy atom. The Labute approximate surface area is 171 Å². The molecular formula is C22H22CuN2O2. The van der Waals surface area contributed by atoms with Gasteiger partial charge in [-0.2, -0.15) is 0 Å². The van der Waals surface area contributed by atoms with Crippen molar-refractivity contribution in [1.29, 1.82) is 0 Å². The number of rotatable bonds is 7. The summed E-state index contributed by atoms with van der Waals surface area (Å²) in [6.07, 6.45) is 3.05. The minimum Gasteiger partial charge on any atom is -0.872 e. The number of benzene rings is 2. The standard InChI is InChI=1S/C22H24N2O2.Cu/c1-17(15-21(25)19-9-5-3-6-10-19)23-13-14-24-18(2)16-22(26)20-11-7-4-8-12-20;/h3-12,15-16,25-26H,13-14H2,1-2H3;/q;+2/p-2/b21-15-,22-16-,23-17?,24-18?;. The molecule has 0 aromatic heterocycles. The van der Waals surface area contributed by atoms with Gasteiger partial charge in [0, 0.05) is 11.4 Å². The molecule has 0 saturated carbocycles. The van der Waals surface area contributed by atoms with Crippen LogP contribution in [0.5, 0.6) is 0 Å². The van der Waals surface area contributed by atoms with Gasteiger partial charge in [0.25, 0.3) is 0 Å². The van der Waals surface area contributed by atoms with Crippen LogP contribution in [0.15, 0.2) is 82.8 Å². The average molecular weight is 410 g/mol. The van der Waals surface area contributed by atoms with Gasteiger partial charge in [0.05, 0.1) is 13.1 Å². The van der Waals surface area contributed by atoms with Crippen molar-refractivity contribution >= 4 is 22.9 Å². The number of aliphatic imine (C=N–C) groups is 2. The molecule has 143 valence electrons. The van der Waals surface area contributed by atoms with E-state index in [0.717, 1.165) is 0 Å². The van der Waals surface area contributed by atoms with Gasteiger partial charge >= 0.3 is 17.1 Å². The molecule has 0 atom stereocenters. The van der Waals surface area contributed by atoms with Crippen LogP contribution in [0.25, 0.3) is 11.5 Å². The largest absolute Gasteiger partial charge is 2.00 e. The molecule has 0 unspecified atom stereocenters. The summed E-state index contributed by atoms with van der Waals surface area (Å²) < 4.78 is 0. The van der Waals surface area contributed by atoms with E-state index in [0.29, 0.717) is 35.6 Å². The van der Waals surface area contributed by atoms with Gasteiger partial charge in [-0.25, -0.2) is 0 Å². The van der Waals surface area contributed by atoms with E-state index >= 15 is 0 Å². The molecule has 1 radical (unpaired) electrons. The van der Waals surface area contributed by atoms with Gasteiger partial charge in [-0.3, -0.25) is 9.98 Å². The second-order valence-corrected chi connectivity index (χ2v) is 5.80. The number of hydrogen-bond acceptors (Lipinski definition) is 4. The molecule has 0 amide bonds. The Hall–Kier alpha value is -2.62. The summed E-state index contributed by atoms with van der Waals surface area (Å²) >= 11 is 0. The van der Waals surface area contributed by atoms with Crippen molar-refractivity contribution in [3.05, 3.63) is 83.9 Å². The zero-order valence-electron chi connectivity index (χ0n) is 15.4. The summed E-state index contributed by atoms with van der Waals surface area (Å²) in [7, 11) is 0. The predicted octanol–water partition coefficient (Wildman–Crippen LogP) is 2.71. The minimum atomic E-state index is -0.0617. The van der Waals surface area contributed by atoms with Crippen molar-refractivity contribution in [2.24, 2.45) is 9.98 Å². The molecule has 2 aromatic rings. The summed E-state index contributed by atoms with van der Waals surface area (Å²) in [5.41, 5.74) is 2.61. The van der Waals surface area contributed by atoms with Gasteiger partial charge in [0.1, 0.15) is 0 Å². The van der Waals surface area contributed by atoms with Crippen molar-refractivity contribution in [2.75, 3.05) is 13.1 Å². The summed E-state index contributed by atoms with van der Waals surface area (Å²) in [5.74, 6) is -0.123. The van der Waals surface area contributed by atoms with Gasteiger partial charge in [-0.05, 0) is 37.1 Å². The quantitative estimate of drug-likeness (QED) is 0.305. The van der Waals surface area contributed by atoms with E-state index in [1.54, 1.807) is 38.1 Å². The van der Waals surface area contributed by atoms with E-state index < -0.39 is 0 Å². The molecule has 0 spiro atoms. The first-order valence-electron chi connectivity index (χ1n) is 8.46. The molecule has 0 bridgehead atoms. The molecule has 0 N–H and O–H groups in total. The molecule has 0 fully saturated rings. The van der Waals surface area contributed by atoms with Gasteiger partial charge in [0.15, 0.2) is 0 Å². The summed E-state index contributed by atoms with van der Waals surface area (Å²) in [6.45, 7) is 4.52. The molecule has 0 saturated heterocycles. The van der Waals surface area contributed by atoms with Gasteiger partial charge in [-0.1, -0.05) is 72.2 Å². The summed E-state index contributed by atoms with van der Waals surface area (Å²) in [5, 5.41) is 24.1. The van der Waals surface area contributed by atoms with Crippen LogP contribution in [0.2, 0.25) is 0 Å². The average Bonchev–Trinajstić information content (AvgIpc) is 2.66. The molecule has 0 aliphatic carbocycles. The maximum Gasteiger partial charge on any atom is 2.00 e. The first kappa shape index (κ1) is 22.4. The zero-order valence-corrected chi connectivity index (χ0v) is 16.3. The van der Waals surface area contributed by atoms with E-state index in [1.807, 2.05) is 36.4 Å². The second kappa shape index (κ2) is 11.9. The van der Waals surface area contributed by atoms with E-state index in [4.69, 9.17) is 0 Å². The minimum absolute atomic E-state index is 0. The Balaban J connectivity index is 0.00000364. The van der Waals surface area contributed by atoms with E-state index in [2.05, 4.69) is 9.98 Å². The molecule has 5 heteroatoms. The van der Waals surface area contributed by atoms with Crippen LogP contribution in [-0.4, -0.2) is 24.5 Å². The summed E-state index contributed by atoms with van der Waals surface area (Å²) in [4.78, 5) is 8.67. The van der Waals surface area contributed by atoms with Crippen molar-refractivity contribution in [3.8, 4) is 0 Å². The van der Waals surface area contributed by atoms with Gasteiger partial charge in [-0.15, -0.1) is 0 Å². The van der Waals surface area contributed by atoms with Crippen LogP contribution in [0, 0.1) is 0 Å². The third-order valence-corrected chi connectivity index (χ3v) is 3.62. The molecular weight excluding hydrogens is 388 g/mol. The van der Waals surface area contributed by atoms with Crippen LogP contribution in [0.3, 0.4) is 0 Å². The first-order valence-corrected chi connectivity index (χ1v) is 8.46. The van der Waals surface area contributed by atoms with E-state index in [1.165, 1.54) is 12.2 Å².